The molecule has 0 bridgehead atoms. The Kier molecular flexibility index (Phi) is 25.0. The molecule has 24 heteroatoms. The van der Waals surface area contributed by atoms with Crippen LogP contribution in [-0.2, 0) is 50.7 Å². The number of hydrogen-bond acceptors (Lipinski definition) is 24. The van der Waals surface area contributed by atoms with E-state index in [2.05, 4.69) is 0 Å². The van der Waals surface area contributed by atoms with E-state index >= 15 is 0 Å². The van der Waals surface area contributed by atoms with E-state index in [9.17, 15) is 81.7 Å². The number of aliphatic hydroxyl groups is 16. The highest BCUT2D eigenvalue weighted by Crippen LogP contribution is 2.37. The highest BCUT2D eigenvalue weighted by atomic mass is 16.7. The third-order valence-corrected chi connectivity index (χ3v) is 13.3. The molecule has 0 amide bonds. The molecule has 70 heavy (non-hydrogen) atoms. The van der Waals surface area contributed by atoms with Crippen molar-refractivity contribution in [1.82, 2.24) is 0 Å². The van der Waals surface area contributed by atoms with E-state index in [0.717, 1.165) is 0 Å². The molecule has 0 aliphatic carbocycles. The van der Waals surface area contributed by atoms with Crippen LogP contribution in [0.2, 0.25) is 0 Å². The summed E-state index contributed by atoms with van der Waals surface area (Å²) in [5.74, 6) is 0. The highest BCUT2D eigenvalue weighted by Gasteiger charge is 2.49. The fourth-order valence-electron chi connectivity index (χ4n) is 8.83. The van der Waals surface area contributed by atoms with Crippen LogP contribution in [-0.4, -0.2) is 251 Å². The second kappa shape index (κ2) is 28.8. The van der Waals surface area contributed by atoms with Gasteiger partial charge in [0.25, 0.3) is 0 Å². The van der Waals surface area contributed by atoms with E-state index in [4.69, 9.17) is 37.9 Å². The fourth-order valence-corrected chi connectivity index (χ4v) is 8.83. The molecular weight excluding hydrogens is 936 g/mol. The smallest absolute Gasteiger partial charge is 0.209 e. The Balaban J connectivity index is 1.70. The SMILES string of the molecule is CCCCC(COC1OC(CO)C(O)C(O)C1O)(COC1OC(CO)C(O)C(O)C1O)Cc1ccc(C[C@@](CCCC)(COC(OC(CO)[C@H](C)O)C(O)O)COC2OC(CO)C(O)C(O)C2O)cc1. The summed E-state index contributed by atoms with van der Waals surface area (Å²) in [4.78, 5) is 0. The molecule has 1 aromatic carbocycles. The zero-order valence-corrected chi connectivity index (χ0v) is 40.0. The van der Waals surface area contributed by atoms with Crippen LogP contribution in [0.15, 0.2) is 24.3 Å². The maximum atomic E-state index is 10.9. The van der Waals surface area contributed by atoms with Crippen LogP contribution in [0.1, 0.15) is 70.4 Å². The van der Waals surface area contributed by atoms with Crippen LogP contribution in [0, 0.1) is 10.8 Å². The van der Waals surface area contributed by atoms with E-state index in [1.807, 2.05) is 13.8 Å². The second-order valence-corrected chi connectivity index (χ2v) is 19.1. The number of unbranched alkanes of at least 4 members (excludes halogenated alkanes) is 2. The first kappa shape index (κ1) is 60.8. The average molecular weight is 1020 g/mol. The van der Waals surface area contributed by atoms with Crippen molar-refractivity contribution in [2.45, 2.75) is 189 Å². The van der Waals surface area contributed by atoms with Crippen LogP contribution in [0.25, 0.3) is 0 Å². The molecule has 0 saturated carbocycles. The Bertz CT molecular complexity index is 1550. The average Bonchev–Trinajstić information content (AvgIpc) is 3.35. The van der Waals surface area contributed by atoms with Gasteiger partial charge in [-0.25, -0.2) is 0 Å². The lowest BCUT2D eigenvalue weighted by molar-refractivity contribution is -0.318. The first-order chi connectivity index (χ1) is 33.2. The van der Waals surface area contributed by atoms with Crippen molar-refractivity contribution in [3.63, 3.8) is 0 Å². The first-order valence-corrected chi connectivity index (χ1v) is 24.0. The molecule has 19 atom stereocenters. The molecule has 3 fully saturated rings. The van der Waals surface area contributed by atoms with E-state index in [0.29, 0.717) is 49.7 Å². The molecule has 3 heterocycles. The van der Waals surface area contributed by atoms with E-state index in [1.165, 1.54) is 6.92 Å². The zero-order valence-electron chi connectivity index (χ0n) is 40.0. The van der Waals surface area contributed by atoms with Gasteiger partial charge >= 0.3 is 0 Å². The molecule has 4 rings (SSSR count). The molecule has 0 aromatic heterocycles. The quantitative estimate of drug-likeness (QED) is 0.0321. The van der Waals surface area contributed by atoms with Crippen molar-refractivity contribution in [2.24, 2.45) is 10.8 Å². The Morgan fingerprint density at radius 2 is 0.857 bits per heavy atom. The van der Waals surface area contributed by atoms with Crippen molar-refractivity contribution in [1.29, 1.82) is 0 Å². The van der Waals surface area contributed by atoms with Crippen molar-refractivity contribution in [3.05, 3.63) is 35.4 Å². The van der Waals surface area contributed by atoms with Gasteiger partial charge in [-0.3, -0.25) is 0 Å². The maximum absolute atomic E-state index is 10.9. The van der Waals surface area contributed by atoms with Gasteiger partial charge in [0.15, 0.2) is 18.9 Å². The normalized spacial score (nSPS) is 35.0. The predicted octanol–water partition coefficient (Wildman–Crippen LogP) is -5.01. The molecule has 3 saturated heterocycles. The Labute approximate surface area is 407 Å². The van der Waals surface area contributed by atoms with Crippen LogP contribution in [0.3, 0.4) is 0 Å². The monoisotopic (exact) mass is 1020 g/mol. The van der Waals surface area contributed by atoms with Gasteiger partial charge in [-0.05, 0) is 43.7 Å². The minimum atomic E-state index is -2.23. The van der Waals surface area contributed by atoms with Crippen LogP contribution >= 0.6 is 0 Å². The molecule has 16 N–H and O–H groups in total. The summed E-state index contributed by atoms with van der Waals surface area (Å²) in [6.07, 6.45) is -26.6. The van der Waals surface area contributed by atoms with Gasteiger partial charge in [-0.2, -0.15) is 0 Å². The zero-order chi connectivity index (χ0) is 51.9. The molecule has 17 unspecified atom stereocenters. The lowest BCUT2D eigenvalue weighted by Gasteiger charge is -2.43. The molecule has 408 valence electrons. The summed E-state index contributed by atoms with van der Waals surface area (Å²) in [5.41, 5.74) is -0.774. The lowest BCUT2D eigenvalue weighted by Crippen LogP contribution is -2.60. The number of rotatable bonds is 30. The summed E-state index contributed by atoms with van der Waals surface area (Å²) in [6.45, 7) is 1.36. The summed E-state index contributed by atoms with van der Waals surface area (Å²) in [6, 6.07) is 7.21. The minimum absolute atomic E-state index is 0.153. The summed E-state index contributed by atoms with van der Waals surface area (Å²) < 4.78 is 46.8. The largest absolute Gasteiger partial charge is 0.394 e. The number of hydrogen-bond donors (Lipinski definition) is 16. The van der Waals surface area contributed by atoms with Crippen molar-refractivity contribution < 1.29 is 120 Å². The Hall–Kier alpha value is -1.74. The number of benzene rings is 1. The van der Waals surface area contributed by atoms with Gasteiger partial charge in [0.05, 0.1) is 59.0 Å². The minimum Gasteiger partial charge on any atom is -0.394 e. The topological polar surface area (TPSA) is 398 Å². The third kappa shape index (κ3) is 16.1. The van der Waals surface area contributed by atoms with Gasteiger partial charge in [0, 0.05) is 10.8 Å². The third-order valence-electron chi connectivity index (χ3n) is 13.3. The summed E-state index contributed by atoms with van der Waals surface area (Å²) >= 11 is 0. The lowest BCUT2D eigenvalue weighted by atomic mass is 9.77. The molecule has 1 aromatic rings. The maximum Gasteiger partial charge on any atom is 0.209 e. The van der Waals surface area contributed by atoms with Crippen molar-refractivity contribution in [2.75, 3.05) is 52.9 Å². The molecular formula is C46H80O24. The standard InChI is InChI=1S/C46H80O24/c1-4-6-12-45(20-63-41-37(58)34(55)31(52)28(17-48)68-41,21-64-42-38(59)35(56)32(53)29(18-49)69-42)14-25-8-10-26(11-9-25)15-46(13-7-5-2,23-66-44(40(61)62)67-27(16-47)24(3)51)22-65-43-39(60)36(57)33(54)30(19-50)70-43/h8-11,24,27-44,47-62H,4-7,12-23H2,1-3H3/t24-,27?,28?,29?,30?,31?,32?,33?,34?,35?,36?,37?,38?,39?,41?,42?,43?,44?,45?,46+/m0/s1. The van der Waals surface area contributed by atoms with Crippen LogP contribution in [0.5, 0.6) is 0 Å². The fraction of sp³-hybridized carbons (Fsp3) is 0.870. The van der Waals surface area contributed by atoms with Crippen molar-refractivity contribution in [3.8, 4) is 0 Å². The number of ether oxygens (including phenoxy) is 8. The summed E-state index contributed by atoms with van der Waals surface area (Å²) in [7, 11) is 0. The van der Waals surface area contributed by atoms with Gasteiger partial charge in [-0.1, -0.05) is 63.8 Å². The van der Waals surface area contributed by atoms with Crippen molar-refractivity contribution >= 4 is 0 Å². The highest BCUT2D eigenvalue weighted by molar-refractivity contribution is 5.25. The Morgan fingerprint density at radius 3 is 1.14 bits per heavy atom. The Morgan fingerprint density at radius 1 is 0.514 bits per heavy atom. The molecule has 3 aliphatic heterocycles. The number of aliphatic hydroxyl groups excluding tert-OH is 15. The molecule has 24 nitrogen and oxygen atoms in total. The molecule has 0 spiro atoms. The van der Waals surface area contributed by atoms with Gasteiger partial charge in [-0.15, -0.1) is 0 Å². The van der Waals surface area contributed by atoms with Gasteiger partial charge in [0.2, 0.25) is 12.6 Å². The van der Waals surface area contributed by atoms with Crippen LogP contribution < -0.4 is 0 Å². The van der Waals surface area contributed by atoms with E-state index in [-0.39, 0.29) is 39.3 Å². The van der Waals surface area contributed by atoms with E-state index in [1.54, 1.807) is 24.3 Å². The van der Waals surface area contributed by atoms with Gasteiger partial charge < -0.3 is 120 Å². The van der Waals surface area contributed by atoms with Crippen LogP contribution in [0.4, 0.5) is 0 Å². The first-order valence-electron chi connectivity index (χ1n) is 24.0. The molecule has 3 aliphatic rings. The van der Waals surface area contributed by atoms with Gasteiger partial charge in [0.1, 0.15) is 79.4 Å². The molecule has 0 radical (unpaired) electrons. The predicted molar refractivity (Wildman–Crippen MR) is 239 cm³/mol. The van der Waals surface area contributed by atoms with E-state index < -0.39 is 154 Å². The summed E-state index contributed by atoms with van der Waals surface area (Å²) in [5, 5.41) is 165. The second-order valence-electron chi connectivity index (χ2n) is 19.1.